The number of nitrogens with zero attached hydrogens (tertiary/aromatic N) is 2. The van der Waals surface area contributed by atoms with Crippen LogP contribution in [0.2, 0.25) is 0 Å². The molecule has 0 unspecified atom stereocenters. The maximum absolute atomic E-state index is 11.6. The molecule has 78 valence electrons. The smallest absolute Gasteiger partial charge is 0.277 e. The van der Waals surface area contributed by atoms with Crippen molar-refractivity contribution in [2.75, 3.05) is 5.32 Å². The molecular weight excluding hydrogens is 196 g/mol. The van der Waals surface area contributed by atoms with Crippen LogP contribution in [0.1, 0.15) is 21.9 Å². The lowest BCUT2D eigenvalue weighted by atomic mass is 10.3. The first-order valence-corrected chi connectivity index (χ1v) is 4.42. The zero-order valence-electron chi connectivity index (χ0n) is 8.37. The summed E-state index contributed by atoms with van der Waals surface area (Å²) in [4.78, 5) is 11.6. The second-order valence-electron chi connectivity index (χ2n) is 3.21. The number of anilines is 1. The van der Waals surface area contributed by atoms with Crippen molar-refractivity contribution in [3.05, 3.63) is 29.3 Å². The summed E-state index contributed by atoms with van der Waals surface area (Å²) in [5.74, 6) is 0.717. The van der Waals surface area contributed by atoms with Gasteiger partial charge in [0, 0.05) is 11.8 Å². The molecule has 2 aromatic rings. The first kappa shape index (κ1) is 9.45. The number of aromatic nitrogens is 3. The maximum Gasteiger partial charge on any atom is 0.277 e. The van der Waals surface area contributed by atoms with E-state index >= 15 is 0 Å². The first-order chi connectivity index (χ1) is 7.15. The molecule has 2 heterocycles. The van der Waals surface area contributed by atoms with E-state index in [1.165, 1.54) is 0 Å². The van der Waals surface area contributed by atoms with Gasteiger partial charge in [-0.1, -0.05) is 5.16 Å². The van der Waals surface area contributed by atoms with Crippen LogP contribution in [0.4, 0.5) is 5.82 Å². The maximum atomic E-state index is 11.6. The molecule has 1 amide bonds. The first-order valence-electron chi connectivity index (χ1n) is 4.42. The number of hydrogen-bond donors (Lipinski definition) is 2. The number of carbonyl (C=O) groups excluding carboxylic acids is 1. The molecule has 15 heavy (non-hydrogen) atoms. The van der Waals surface area contributed by atoms with Crippen LogP contribution >= 0.6 is 0 Å². The van der Waals surface area contributed by atoms with Gasteiger partial charge in [0.25, 0.3) is 5.91 Å². The summed E-state index contributed by atoms with van der Waals surface area (Å²) in [5.41, 5.74) is 1.16. The van der Waals surface area contributed by atoms with Gasteiger partial charge < -0.3 is 9.84 Å². The summed E-state index contributed by atoms with van der Waals surface area (Å²) in [5, 5.41) is 12.7. The highest BCUT2D eigenvalue weighted by Gasteiger charge is 2.11. The van der Waals surface area contributed by atoms with E-state index in [0.717, 1.165) is 5.69 Å². The Hall–Kier alpha value is -2.11. The largest absolute Gasteiger partial charge is 0.360 e. The third-order valence-corrected chi connectivity index (χ3v) is 1.81. The van der Waals surface area contributed by atoms with Crippen molar-refractivity contribution in [3.8, 4) is 0 Å². The number of carbonyl (C=O) groups is 1. The molecule has 0 aliphatic heterocycles. The molecule has 0 bridgehead atoms. The summed E-state index contributed by atoms with van der Waals surface area (Å²) < 4.78 is 4.81. The quantitative estimate of drug-likeness (QED) is 0.774. The Morgan fingerprint density at radius 2 is 2.27 bits per heavy atom. The van der Waals surface area contributed by atoms with Crippen LogP contribution in [-0.4, -0.2) is 21.3 Å². The molecule has 0 aliphatic rings. The van der Waals surface area contributed by atoms with Crippen molar-refractivity contribution in [3.63, 3.8) is 0 Å². The Labute approximate surface area is 85.7 Å². The monoisotopic (exact) mass is 206 g/mol. The zero-order valence-corrected chi connectivity index (χ0v) is 8.37. The molecule has 6 heteroatoms. The predicted octanol–water partition coefficient (Wildman–Crippen LogP) is 1.27. The highest BCUT2D eigenvalue weighted by Crippen LogP contribution is 2.08. The number of H-pyrrole nitrogens is 1. The Morgan fingerprint density at radius 1 is 1.47 bits per heavy atom. The van der Waals surface area contributed by atoms with E-state index in [-0.39, 0.29) is 5.91 Å². The van der Waals surface area contributed by atoms with Gasteiger partial charge in [-0.25, -0.2) is 0 Å². The Kier molecular flexibility index (Phi) is 2.24. The third-order valence-electron chi connectivity index (χ3n) is 1.81. The van der Waals surface area contributed by atoms with Crippen molar-refractivity contribution in [1.82, 2.24) is 15.4 Å². The van der Waals surface area contributed by atoms with E-state index in [9.17, 15) is 4.79 Å². The topological polar surface area (TPSA) is 83.8 Å². The lowest BCUT2D eigenvalue weighted by Crippen LogP contribution is -2.12. The molecule has 0 aromatic carbocycles. The standard InChI is InChI=1S/C9H10N4O2/c1-5-3-7(12-11-5)9(14)10-8-4-6(2)15-13-8/h3-4H,1-2H3,(H,11,12)(H,10,13,14). The molecule has 0 spiro atoms. The minimum Gasteiger partial charge on any atom is -0.360 e. The van der Waals surface area contributed by atoms with Gasteiger partial charge in [0.1, 0.15) is 5.76 Å². The second-order valence-corrected chi connectivity index (χ2v) is 3.21. The fourth-order valence-corrected chi connectivity index (χ4v) is 1.14. The molecular formula is C9H10N4O2. The summed E-state index contributed by atoms with van der Waals surface area (Å²) >= 11 is 0. The highest BCUT2D eigenvalue weighted by molar-refractivity contribution is 6.02. The molecule has 6 nitrogen and oxygen atoms in total. The summed E-state index contributed by atoms with van der Waals surface area (Å²) in [7, 11) is 0. The lowest BCUT2D eigenvalue weighted by Gasteiger charge is -1.95. The molecule has 2 N–H and O–H groups in total. The highest BCUT2D eigenvalue weighted by atomic mass is 16.5. The van der Waals surface area contributed by atoms with Crippen molar-refractivity contribution < 1.29 is 9.32 Å². The fourth-order valence-electron chi connectivity index (χ4n) is 1.14. The molecule has 2 aromatic heterocycles. The summed E-state index contributed by atoms with van der Waals surface area (Å²) in [6.07, 6.45) is 0. The Bertz CT molecular complexity index is 486. The van der Waals surface area contributed by atoms with E-state index in [1.807, 2.05) is 6.92 Å². The summed E-state index contributed by atoms with van der Waals surface area (Å²) in [6.45, 7) is 3.57. The molecule has 0 fully saturated rings. The number of aryl methyl sites for hydroxylation is 2. The number of aromatic amines is 1. The number of nitrogens with one attached hydrogen (secondary N) is 2. The third kappa shape index (κ3) is 2.04. The fraction of sp³-hybridized carbons (Fsp3) is 0.222. The van der Waals surface area contributed by atoms with Crippen molar-refractivity contribution in [2.45, 2.75) is 13.8 Å². The van der Waals surface area contributed by atoms with Gasteiger partial charge in [0.05, 0.1) is 0 Å². The minimum atomic E-state index is -0.312. The van der Waals surface area contributed by atoms with Gasteiger partial charge in [0.15, 0.2) is 11.5 Å². The van der Waals surface area contributed by atoms with Gasteiger partial charge >= 0.3 is 0 Å². The normalized spacial score (nSPS) is 10.3. The van der Waals surface area contributed by atoms with Gasteiger partial charge in [-0.3, -0.25) is 9.89 Å². The van der Waals surface area contributed by atoms with E-state index in [1.54, 1.807) is 19.1 Å². The number of rotatable bonds is 2. The lowest BCUT2D eigenvalue weighted by molar-refractivity contribution is 0.102. The average molecular weight is 206 g/mol. The van der Waals surface area contributed by atoms with Gasteiger partial charge in [-0.2, -0.15) is 5.10 Å². The predicted molar refractivity (Wildman–Crippen MR) is 52.5 cm³/mol. The van der Waals surface area contributed by atoms with Crippen molar-refractivity contribution >= 4 is 11.7 Å². The van der Waals surface area contributed by atoms with Crippen LogP contribution in [0.3, 0.4) is 0 Å². The van der Waals surface area contributed by atoms with Gasteiger partial charge in [0.2, 0.25) is 0 Å². The number of amides is 1. The van der Waals surface area contributed by atoms with Crippen molar-refractivity contribution in [2.24, 2.45) is 0 Å². The SMILES string of the molecule is Cc1cc(C(=O)Nc2cc(C)on2)n[nH]1. The molecule has 0 radical (unpaired) electrons. The molecule has 2 rings (SSSR count). The van der Waals surface area contributed by atoms with Crippen LogP contribution in [0.15, 0.2) is 16.7 Å². The van der Waals surface area contributed by atoms with E-state index in [0.29, 0.717) is 17.3 Å². The van der Waals surface area contributed by atoms with Crippen LogP contribution in [0.5, 0.6) is 0 Å². The summed E-state index contributed by atoms with van der Waals surface area (Å²) in [6, 6.07) is 3.29. The van der Waals surface area contributed by atoms with Crippen LogP contribution in [0, 0.1) is 13.8 Å². The van der Waals surface area contributed by atoms with Crippen molar-refractivity contribution in [1.29, 1.82) is 0 Å². The number of hydrogen-bond acceptors (Lipinski definition) is 4. The van der Waals surface area contributed by atoms with Crippen LogP contribution in [0.25, 0.3) is 0 Å². The Balaban J connectivity index is 2.10. The zero-order chi connectivity index (χ0) is 10.8. The molecule has 0 aliphatic carbocycles. The second kappa shape index (κ2) is 3.56. The molecule has 0 saturated heterocycles. The van der Waals surface area contributed by atoms with E-state index in [2.05, 4.69) is 20.7 Å². The molecule has 0 atom stereocenters. The average Bonchev–Trinajstić information content (AvgIpc) is 2.75. The van der Waals surface area contributed by atoms with Gasteiger partial charge in [-0.05, 0) is 19.9 Å². The molecule has 0 saturated carbocycles. The minimum absolute atomic E-state index is 0.312. The van der Waals surface area contributed by atoms with E-state index < -0.39 is 0 Å². The van der Waals surface area contributed by atoms with Crippen LogP contribution < -0.4 is 5.32 Å². The van der Waals surface area contributed by atoms with Gasteiger partial charge in [-0.15, -0.1) is 0 Å². The van der Waals surface area contributed by atoms with Crippen LogP contribution in [-0.2, 0) is 0 Å². The Morgan fingerprint density at radius 3 is 2.80 bits per heavy atom. The van der Waals surface area contributed by atoms with E-state index in [4.69, 9.17) is 4.52 Å².